The minimum atomic E-state index is -4.71. The van der Waals surface area contributed by atoms with Gasteiger partial charge in [0, 0.05) is 25.6 Å². The van der Waals surface area contributed by atoms with Gasteiger partial charge in [-0.15, -0.1) is 0 Å². The molecular weight excluding hydrogens is 359 g/mol. The zero-order chi connectivity index (χ0) is 19.5. The Balaban J connectivity index is 2.02. The maximum Gasteiger partial charge on any atom is 0.416 e. The highest BCUT2D eigenvalue weighted by atomic mass is 19.4. The predicted molar refractivity (Wildman–Crippen MR) is 83.6 cm³/mol. The second-order valence-corrected chi connectivity index (χ2v) is 5.75. The number of carbonyl (C=O) groups excluding carboxylic acids is 1. The minimum absolute atomic E-state index is 0.0755. The van der Waals surface area contributed by atoms with E-state index in [0.29, 0.717) is 31.5 Å². The Morgan fingerprint density at radius 2 is 2.08 bits per heavy atom. The van der Waals surface area contributed by atoms with Gasteiger partial charge >= 0.3 is 12.1 Å². The summed E-state index contributed by atoms with van der Waals surface area (Å²) in [5, 5.41) is 22.6. The molecule has 2 N–H and O–H groups in total. The smallest absolute Gasteiger partial charge is 0.416 e. The number of likely N-dealkylation sites (tertiary alicyclic amines) is 1. The number of amides is 1. The van der Waals surface area contributed by atoms with Crippen LogP contribution in [0.25, 0.3) is 0 Å². The van der Waals surface area contributed by atoms with Crippen LogP contribution in [0.5, 0.6) is 0 Å². The second kappa shape index (κ2) is 7.58. The third-order valence-electron chi connectivity index (χ3n) is 4.03. The third kappa shape index (κ3) is 4.41. The van der Waals surface area contributed by atoms with Crippen molar-refractivity contribution in [2.24, 2.45) is 0 Å². The highest BCUT2D eigenvalue weighted by molar-refractivity contribution is 5.84. The van der Waals surface area contributed by atoms with Gasteiger partial charge < -0.3 is 15.3 Å². The molecule has 0 aliphatic carbocycles. The number of alkyl halides is 3. The van der Waals surface area contributed by atoms with Crippen LogP contribution in [0.15, 0.2) is 18.2 Å². The number of carbonyl (C=O) groups is 2. The third-order valence-corrected chi connectivity index (χ3v) is 4.03. The number of aliphatic carboxylic acids is 1. The Kier molecular flexibility index (Phi) is 5.68. The number of carboxylic acid groups (broad SMARTS) is 1. The van der Waals surface area contributed by atoms with E-state index in [0.717, 1.165) is 6.07 Å². The Labute approximate surface area is 145 Å². The Hall–Kier alpha value is -2.85. The van der Waals surface area contributed by atoms with E-state index in [-0.39, 0.29) is 18.7 Å². The number of nitrogens with zero attached hydrogens (tertiary/aromatic N) is 2. The molecule has 1 aliphatic rings. The zero-order valence-electron chi connectivity index (χ0n) is 13.5. The molecule has 142 valence electrons. The van der Waals surface area contributed by atoms with E-state index in [1.807, 2.05) is 0 Å². The molecule has 0 bridgehead atoms. The Bertz CT molecular complexity index is 723. The number of nitro benzene ring substituents is 1. The summed E-state index contributed by atoms with van der Waals surface area (Å²) >= 11 is 0. The summed E-state index contributed by atoms with van der Waals surface area (Å²) in [6.07, 6.45) is -3.91. The molecule has 1 aromatic rings. The summed E-state index contributed by atoms with van der Waals surface area (Å²) in [6, 6.07) is 1.17. The fraction of sp³-hybridized carbons (Fsp3) is 0.467. The number of nitrogens with one attached hydrogen (secondary N) is 1. The van der Waals surface area contributed by atoms with Gasteiger partial charge in [-0.05, 0) is 25.0 Å². The van der Waals surface area contributed by atoms with Crippen LogP contribution in [-0.4, -0.2) is 45.9 Å². The first-order valence-corrected chi connectivity index (χ1v) is 7.73. The average Bonchev–Trinajstić information content (AvgIpc) is 3.03. The maximum atomic E-state index is 12.7. The molecule has 11 heteroatoms. The molecule has 26 heavy (non-hydrogen) atoms. The molecule has 0 radical (unpaired) electrons. The highest BCUT2D eigenvalue weighted by Gasteiger charge is 2.34. The molecular formula is C15H16F3N3O5. The van der Waals surface area contributed by atoms with Crippen LogP contribution >= 0.6 is 0 Å². The Morgan fingerprint density at radius 3 is 2.65 bits per heavy atom. The van der Waals surface area contributed by atoms with Crippen LogP contribution in [0.1, 0.15) is 24.8 Å². The van der Waals surface area contributed by atoms with E-state index in [1.54, 1.807) is 0 Å². The number of benzene rings is 1. The van der Waals surface area contributed by atoms with Crippen molar-refractivity contribution in [1.82, 2.24) is 4.90 Å². The van der Waals surface area contributed by atoms with E-state index in [1.165, 1.54) is 4.90 Å². The van der Waals surface area contributed by atoms with E-state index < -0.39 is 40.3 Å². The molecule has 1 amide bonds. The standard InChI is InChI=1S/C15H16F3N3O5/c16-15(17,18)9-3-4-10(12(8-9)21(25)26)19-6-5-13(22)20-7-1-2-11(20)14(23)24/h3-4,8,11,19H,1-2,5-7H2,(H,23,24). The van der Waals surface area contributed by atoms with Gasteiger partial charge in [0.05, 0.1) is 10.5 Å². The lowest BCUT2D eigenvalue weighted by molar-refractivity contribution is -0.384. The average molecular weight is 375 g/mol. The fourth-order valence-electron chi connectivity index (χ4n) is 2.78. The summed E-state index contributed by atoms with van der Waals surface area (Å²) in [5.41, 5.74) is -2.05. The summed E-state index contributed by atoms with van der Waals surface area (Å²) < 4.78 is 38.0. The molecule has 0 spiro atoms. The largest absolute Gasteiger partial charge is 0.480 e. The van der Waals surface area contributed by atoms with Crippen LogP contribution in [0.2, 0.25) is 0 Å². The SMILES string of the molecule is O=C(O)C1CCCN1C(=O)CCNc1ccc(C(F)(F)F)cc1[N+](=O)[O-]. The van der Waals surface area contributed by atoms with Crippen LogP contribution in [0, 0.1) is 10.1 Å². The van der Waals surface area contributed by atoms with Crippen molar-refractivity contribution < 1.29 is 32.8 Å². The Morgan fingerprint density at radius 1 is 1.38 bits per heavy atom. The normalized spacial score (nSPS) is 17.2. The highest BCUT2D eigenvalue weighted by Crippen LogP contribution is 2.34. The number of hydrogen-bond donors (Lipinski definition) is 2. The molecule has 1 fully saturated rings. The first-order chi connectivity index (χ1) is 12.1. The molecule has 2 rings (SSSR count). The molecule has 8 nitrogen and oxygen atoms in total. The number of halogens is 3. The molecule has 1 aromatic carbocycles. The van der Waals surface area contributed by atoms with Crippen molar-refractivity contribution >= 4 is 23.3 Å². The quantitative estimate of drug-likeness (QED) is 0.583. The molecule has 1 heterocycles. The summed E-state index contributed by atoms with van der Waals surface area (Å²) in [6.45, 7) is 0.240. The van der Waals surface area contributed by atoms with Crippen molar-refractivity contribution in [2.45, 2.75) is 31.5 Å². The summed E-state index contributed by atoms with van der Waals surface area (Å²) in [7, 11) is 0. The predicted octanol–water partition coefficient (Wildman–Crippen LogP) is 2.49. The van der Waals surface area contributed by atoms with Crippen LogP contribution in [0.4, 0.5) is 24.5 Å². The second-order valence-electron chi connectivity index (χ2n) is 5.75. The van der Waals surface area contributed by atoms with Crippen LogP contribution < -0.4 is 5.32 Å². The van der Waals surface area contributed by atoms with Crippen LogP contribution in [0.3, 0.4) is 0 Å². The number of anilines is 1. The van der Waals surface area contributed by atoms with Gasteiger partial charge in [0.1, 0.15) is 11.7 Å². The van der Waals surface area contributed by atoms with Crippen LogP contribution in [-0.2, 0) is 15.8 Å². The lowest BCUT2D eigenvalue weighted by Gasteiger charge is -2.21. The zero-order valence-corrected chi connectivity index (χ0v) is 13.5. The van der Waals surface area contributed by atoms with Crippen molar-refractivity contribution in [3.05, 3.63) is 33.9 Å². The monoisotopic (exact) mass is 375 g/mol. The van der Waals surface area contributed by atoms with Gasteiger partial charge in [0.25, 0.3) is 5.69 Å². The van der Waals surface area contributed by atoms with Gasteiger partial charge in [0.2, 0.25) is 5.91 Å². The number of nitro groups is 1. The first kappa shape index (κ1) is 19.5. The van der Waals surface area contributed by atoms with Gasteiger partial charge in [0.15, 0.2) is 0 Å². The summed E-state index contributed by atoms with van der Waals surface area (Å²) in [4.78, 5) is 34.4. The lowest BCUT2D eigenvalue weighted by Crippen LogP contribution is -2.40. The van der Waals surface area contributed by atoms with E-state index in [2.05, 4.69) is 5.32 Å². The number of rotatable bonds is 6. The van der Waals surface area contributed by atoms with Crippen molar-refractivity contribution in [2.75, 3.05) is 18.4 Å². The summed E-state index contributed by atoms with van der Waals surface area (Å²) in [5.74, 6) is -1.53. The van der Waals surface area contributed by atoms with Crippen molar-refractivity contribution in [1.29, 1.82) is 0 Å². The molecule has 0 aromatic heterocycles. The maximum absolute atomic E-state index is 12.7. The van der Waals surface area contributed by atoms with Gasteiger partial charge in [-0.2, -0.15) is 13.2 Å². The fourth-order valence-corrected chi connectivity index (χ4v) is 2.78. The van der Waals surface area contributed by atoms with E-state index >= 15 is 0 Å². The van der Waals surface area contributed by atoms with E-state index in [4.69, 9.17) is 5.11 Å². The van der Waals surface area contributed by atoms with Gasteiger partial charge in [-0.25, -0.2) is 4.79 Å². The topological polar surface area (TPSA) is 113 Å². The lowest BCUT2D eigenvalue weighted by atomic mass is 10.1. The number of hydrogen-bond acceptors (Lipinski definition) is 5. The van der Waals surface area contributed by atoms with E-state index in [9.17, 15) is 32.9 Å². The first-order valence-electron chi connectivity index (χ1n) is 7.73. The van der Waals surface area contributed by atoms with Crippen molar-refractivity contribution in [3.8, 4) is 0 Å². The molecule has 0 saturated carbocycles. The minimum Gasteiger partial charge on any atom is -0.480 e. The van der Waals surface area contributed by atoms with Gasteiger partial charge in [-0.1, -0.05) is 0 Å². The number of carboxylic acids is 1. The molecule has 1 atom stereocenters. The molecule has 1 saturated heterocycles. The molecule has 1 unspecified atom stereocenters. The van der Waals surface area contributed by atoms with Crippen molar-refractivity contribution in [3.63, 3.8) is 0 Å². The molecule has 1 aliphatic heterocycles. The van der Waals surface area contributed by atoms with Gasteiger partial charge in [-0.3, -0.25) is 14.9 Å².